The Morgan fingerprint density at radius 1 is 1.34 bits per heavy atom. The van der Waals surface area contributed by atoms with Gasteiger partial charge in [-0.05, 0) is 37.5 Å². The minimum Gasteiger partial charge on any atom is -0.453 e. The molecule has 1 N–H and O–H groups in total. The van der Waals surface area contributed by atoms with E-state index in [0.717, 1.165) is 24.3 Å². The third kappa shape index (κ3) is 4.96. The van der Waals surface area contributed by atoms with Crippen LogP contribution >= 0.6 is 11.6 Å². The summed E-state index contributed by atoms with van der Waals surface area (Å²) < 4.78 is 76.9. The van der Waals surface area contributed by atoms with E-state index in [-0.39, 0.29) is 30.5 Å². The Labute approximate surface area is 206 Å². The monoisotopic (exact) mass is 540 g/mol. The highest BCUT2D eigenvalue weighted by molar-refractivity contribution is 7.89. The fraction of sp³-hybridized carbons (Fsp3) is 0.762. The van der Waals surface area contributed by atoms with E-state index < -0.39 is 46.7 Å². The van der Waals surface area contributed by atoms with E-state index in [9.17, 15) is 26.4 Å². The molecule has 196 valence electrons. The molecule has 0 radical (unpaired) electrons. The zero-order chi connectivity index (χ0) is 25.5. The Hall–Kier alpha value is -1.70. The van der Waals surface area contributed by atoms with Gasteiger partial charge in [0.15, 0.2) is 0 Å². The number of hydrogen-bond donors (Lipinski definition) is 1. The second kappa shape index (κ2) is 9.98. The highest BCUT2D eigenvalue weighted by atomic mass is 35.5. The number of hydrogen-bond acceptors (Lipinski definition) is 7. The number of likely N-dealkylation sites (tertiary alicyclic amines) is 1. The number of carbonyl (C=O) groups excluding carboxylic acids is 1. The number of carbonyl (C=O) groups is 1. The summed E-state index contributed by atoms with van der Waals surface area (Å²) in [7, 11) is -3.30. The number of fused-ring (bicyclic) bond motifs is 1. The first-order valence-electron chi connectivity index (χ1n) is 11.3. The number of methoxy groups -OCH3 is 1. The quantitative estimate of drug-likeness (QED) is 0.540. The SMILES string of the molecule is COC(=O)N1[C@H](C(F)F)C[C@H](NS(=O)(=O)CF)[C@@H]1CO[C@H]1CC[C@]2(c3ncc(Cl)cn3)C(C1)[C@@H]2C. The first-order valence-corrected chi connectivity index (χ1v) is 13.4. The molecule has 0 bridgehead atoms. The van der Waals surface area contributed by atoms with Gasteiger partial charge in [-0.2, -0.15) is 0 Å². The second-order valence-corrected chi connectivity index (χ2v) is 11.5. The first kappa shape index (κ1) is 26.4. The van der Waals surface area contributed by atoms with E-state index in [1.165, 1.54) is 0 Å². The maximum Gasteiger partial charge on any atom is 0.410 e. The molecule has 7 atom stereocenters. The summed E-state index contributed by atoms with van der Waals surface area (Å²) in [6, 6.07) is -5.51. The molecular weight excluding hydrogens is 513 g/mol. The smallest absolute Gasteiger partial charge is 0.410 e. The number of halogens is 4. The van der Waals surface area contributed by atoms with Crippen LogP contribution in [0.3, 0.4) is 0 Å². The lowest BCUT2D eigenvalue weighted by atomic mass is 9.85. The zero-order valence-corrected chi connectivity index (χ0v) is 20.8. The average Bonchev–Trinajstić information content (AvgIpc) is 3.26. The van der Waals surface area contributed by atoms with Gasteiger partial charge in [0.1, 0.15) is 5.82 Å². The van der Waals surface area contributed by atoms with Gasteiger partial charge in [-0.15, -0.1) is 0 Å². The van der Waals surface area contributed by atoms with Crippen LogP contribution in [0, 0.1) is 11.8 Å². The number of rotatable bonds is 8. The van der Waals surface area contributed by atoms with E-state index in [0.29, 0.717) is 23.8 Å². The molecule has 1 aromatic rings. The van der Waals surface area contributed by atoms with Crippen molar-refractivity contribution in [1.82, 2.24) is 19.6 Å². The molecule has 3 fully saturated rings. The standard InChI is InChI=1S/C21H28ClF3N4O5S/c1-11-14-5-13(3-4-21(11,14)19-26-7-12(22)8-27-19)34-9-17-15(28-35(31,32)10-23)6-16(18(24)25)29(17)20(30)33-2/h7-8,11,13-18,28H,3-6,9-10H2,1-2H3/t11-,13-,14?,15-,16-,17-,21+/m0/s1. The second-order valence-electron chi connectivity index (χ2n) is 9.42. The van der Waals surface area contributed by atoms with Gasteiger partial charge < -0.3 is 9.47 Å². The molecule has 14 heteroatoms. The largest absolute Gasteiger partial charge is 0.453 e. The van der Waals surface area contributed by atoms with Crippen LogP contribution in [0.1, 0.15) is 38.4 Å². The molecular formula is C21H28ClF3N4O5S. The molecule has 1 aliphatic heterocycles. The van der Waals surface area contributed by atoms with Gasteiger partial charge in [0.2, 0.25) is 16.0 Å². The zero-order valence-electron chi connectivity index (χ0n) is 19.2. The lowest BCUT2D eigenvalue weighted by molar-refractivity contribution is -0.0239. The number of aromatic nitrogens is 2. The molecule has 2 heterocycles. The van der Waals surface area contributed by atoms with E-state index in [2.05, 4.69) is 26.4 Å². The fourth-order valence-corrected chi connectivity index (χ4v) is 6.81. The normalized spacial score (nSPS) is 34.7. The molecule has 2 saturated carbocycles. The summed E-state index contributed by atoms with van der Waals surface area (Å²) in [5.41, 5.74) is -0.157. The topological polar surface area (TPSA) is 111 Å². The van der Waals surface area contributed by atoms with Gasteiger partial charge in [0.25, 0.3) is 6.43 Å². The van der Waals surface area contributed by atoms with Crippen molar-refractivity contribution >= 4 is 27.7 Å². The summed E-state index contributed by atoms with van der Waals surface area (Å²) in [5, 5.41) is 0.457. The van der Waals surface area contributed by atoms with Crippen molar-refractivity contribution in [1.29, 1.82) is 0 Å². The van der Waals surface area contributed by atoms with Gasteiger partial charge in [0.05, 0.1) is 36.9 Å². The van der Waals surface area contributed by atoms with Gasteiger partial charge in [-0.1, -0.05) is 18.5 Å². The summed E-state index contributed by atoms with van der Waals surface area (Å²) in [6.07, 6.45) is 0.645. The summed E-state index contributed by atoms with van der Waals surface area (Å²) in [5.74, 6) is 1.32. The van der Waals surface area contributed by atoms with Crippen LogP contribution < -0.4 is 4.72 Å². The van der Waals surface area contributed by atoms with Crippen LogP contribution in [-0.2, 0) is 24.9 Å². The molecule has 9 nitrogen and oxygen atoms in total. The number of nitrogens with zero attached hydrogens (tertiary/aromatic N) is 3. The van der Waals surface area contributed by atoms with E-state index in [1.54, 1.807) is 12.4 Å². The van der Waals surface area contributed by atoms with Crippen LogP contribution in [0.4, 0.5) is 18.0 Å². The Balaban J connectivity index is 1.46. The van der Waals surface area contributed by atoms with Crippen LogP contribution in [0.2, 0.25) is 5.02 Å². The first-order chi connectivity index (χ1) is 16.5. The molecule has 0 aromatic carbocycles. The minimum absolute atomic E-state index is 0.157. The molecule has 1 unspecified atom stereocenters. The number of ether oxygens (including phenoxy) is 2. The maximum atomic E-state index is 13.7. The van der Waals surface area contributed by atoms with Crippen LogP contribution in [-0.4, -0.2) is 79.8 Å². The highest BCUT2D eigenvalue weighted by Gasteiger charge is 2.66. The van der Waals surface area contributed by atoms with Crippen molar-refractivity contribution in [3.63, 3.8) is 0 Å². The summed E-state index contributed by atoms with van der Waals surface area (Å²) in [6.45, 7) is 1.92. The van der Waals surface area contributed by atoms with Gasteiger partial charge in [0, 0.05) is 23.9 Å². The number of alkyl halides is 3. The summed E-state index contributed by atoms with van der Waals surface area (Å²) >= 11 is 5.92. The van der Waals surface area contributed by atoms with Crippen LogP contribution in [0.5, 0.6) is 0 Å². The third-order valence-electron chi connectivity index (χ3n) is 7.73. The van der Waals surface area contributed by atoms with Crippen molar-refractivity contribution in [2.75, 3.05) is 19.7 Å². The lowest BCUT2D eigenvalue weighted by Crippen LogP contribution is -2.51. The highest BCUT2D eigenvalue weighted by Crippen LogP contribution is 2.66. The van der Waals surface area contributed by atoms with Crippen molar-refractivity contribution in [3.05, 3.63) is 23.2 Å². The van der Waals surface area contributed by atoms with Gasteiger partial charge in [-0.25, -0.2) is 41.1 Å². The van der Waals surface area contributed by atoms with E-state index >= 15 is 0 Å². The van der Waals surface area contributed by atoms with Gasteiger partial charge in [-0.3, -0.25) is 4.90 Å². The number of nitrogens with one attached hydrogen (secondary N) is 1. The number of amides is 1. The Kier molecular flexibility index (Phi) is 7.52. The average molecular weight is 541 g/mol. The molecule has 0 spiro atoms. The number of sulfonamides is 1. The van der Waals surface area contributed by atoms with Crippen LogP contribution in [0.25, 0.3) is 0 Å². The Morgan fingerprint density at radius 2 is 2.03 bits per heavy atom. The third-order valence-corrected chi connectivity index (χ3v) is 8.87. The summed E-state index contributed by atoms with van der Waals surface area (Å²) in [4.78, 5) is 22.0. The van der Waals surface area contributed by atoms with Crippen molar-refractivity contribution in [2.45, 2.75) is 68.7 Å². The lowest BCUT2D eigenvalue weighted by Gasteiger charge is -2.33. The molecule has 4 rings (SSSR count). The van der Waals surface area contributed by atoms with Crippen molar-refractivity contribution < 1.29 is 35.9 Å². The molecule has 1 saturated heterocycles. The maximum absolute atomic E-state index is 13.7. The molecule has 1 aromatic heterocycles. The predicted octanol–water partition coefficient (Wildman–Crippen LogP) is 2.89. The van der Waals surface area contributed by atoms with Crippen LogP contribution in [0.15, 0.2) is 12.4 Å². The predicted molar refractivity (Wildman–Crippen MR) is 119 cm³/mol. The molecule has 3 aliphatic rings. The Morgan fingerprint density at radius 3 is 2.60 bits per heavy atom. The minimum atomic E-state index is -4.35. The fourth-order valence-electron chi connectivity index (χ4n) is 5.93. The van der Waals surface area contributed by atoms with E-state index in [4.69, 9.17) is 16.3 Å². The Bertz CT molecular complexity index is 1040. The van der Waals surface area contributed by atoms with Crippen molar-refractivity contribution in [3.8, 4) is 0 Å². The van der Waals surface area contributed by atoms with E-state index in [1.807, 2.05) is 0 Å². The van der Waals surface area contributed by atoms with Crippen molar-refractivity contribution in [2.24, 2.45) is 11.8 Å². The van der Waals surface area contributed by atoms with Gasteiger partial charge >= 0.3 is 6.09 Å². The molecule has 1 amide bonds. The molecule has 35 heavy (non-hydrogen) atoms. The molecule has 2 aliphatic carbocycles.